The second kappa shape index (κ2) is 5.58. The lowest BCUT2D eigenvalue weighted by Gasteiger charge is -2.16. The molecular formula is C16H16O2. The van der Waals surface area contributed by atoms with Gasteiger partial charge in [-0.3, -0.25) is 0 Å². The van der Waals surface area contributed by atoms with Crippen LogP contribution in [0.5, 0.6) is 11.5 Å². The molecule has 0 bridgehead atoms. The van der Waals surface area contributed by atoms with Gasteiger partial charge in [-0.25, -0.2) is 0 Å². The summed E-state index contributed by atoms with van der Waals surface area (Å²) in [4.78, 5) is 0. The highest BCUT2D eigenvalue weighted by molar-refractivity contribution is 5.48. The summed E-state index contributed by atoms with van der Waals surface area (Å²) in [5.74, 6) is 1.70. The van der Waals surface area contributed by atoms with Crippen molar-refractivity contribution in [3.63, 3.8) is 0 Å². The van der Waals surface area contributed by atoms with Gasteiger partial charge in [-0.2, -0.15) is 0 Å². The predicted molar refractivity (Wildman–Crippen MR) is 72.3 cm³/mol. The SMILES string of the molecule is [CH2]CC[C](c1ccc(O)cc1)c1ccc(O)cc1. The molecular weight excluding hydrogens is 224 g/mol. The molecule has 2 aromatic carbocycles. The van der Waals surface area contributed by atoms with E-state index in [9.17, 15) is 10.2 Å². The molecule has 2 heteroatoms. The third-order valence-corrected chi connectivity index (χ3v) is 2.86. The molecule has 0 saturated carbocycles. The Kier molecular flexibility index (Phi) is 3.88. The molecule has 0 aliphatic rings. The van der Waals surface area contributed by atoms with Crippen molar-refractivity contribution in [3.05, 3.63) is 72.5 Å². The minimum Gasteiger partial charge on any atom is -0.508 e. The summed E-state index contributed by atoms with van der Waals surface area (Å²) < 4.78 is 0. The van der Waals surface area contributed by atoms with Gasteiger partial charge >= 0.3 is 0 Å². The molecule has 0 amide bonds. The summed E-state index contributed by atoms with van der Waals surface area (Å²) in [6.45, 7) is 3.89. The van der Waals surface area contributed by atoms with Crippen molar-refractivity contribution >= 4 is 0 Å². The van der Waals surface area contributed by atoms with E-state index in [0.29, 0.717) is 0 Å². The standard InChI is InChI=1S/C16H16O2/c1-2-3-16(12-4-8-14(17)9-5-12)13-6-10-15(18)11-7-13/h4-11,17-18H,1-3H2. The van der Waals surface area contributed by atoms with Gasteiger partial charge in [0.2, 0.25) is 0 Å². The number of benzene rings is 2. The van der Waals surface area contributed by atoms with Crippen molar-refractivity contribution in [2.45, 2.75) is 12.8 Å². The first-order chi connectivity index (χ1) is 8.70. The zero-order valence-electron chi connectivity index (χ0n) is 10.1. The van der Waals surface area contributed by atoms with Gasteiger partial charge in [0, 0.05) is 5.92 Å². The van der Waals surface area contributed by atoms with Gasteiger partial charge in [0.1, 0.15) is 11.5 Å². The second-order valence-corrected chi connectivity index (χ2v) is 4.18. The summed E-state index contributed by atoms with van der Waals surface area (Å²) in [6.07, 6.45) is 1.66. The minimum atomic E-state index is 0.262. The van der Waals surface area contributed by atoms with Crippen LogP contribution in [0.25, 0.3) is 0 Å². The van der Waals surface area contributed by atoms with Crippen LogP contribution in [0.15, 0.2) is 48.5 Å². The van der Waals surface area contributed by atoms with Crippen LogP contribution in [0.3, 0.4) is 0 Å². The molecule has 0 atom stereocenters. The molecule has 0 aliphatic carbocycles. The van der Waals surface area contributed by atoms with E-state index in [1.165, 1.54) is 5.92 Å². The zero-order chi connectivity index (χ0) is 13.0. The van der Waals surface area contributed by atoms with E-state index in [4.69, 9.17) is 0 Å². The van der Waals surface area contributed by atoms with Crippen molar-refractivity contribution in [1.29, 1.82) is 0 Å². The highest BCUT2D eigenvalue weighted by atomic mass is 16.3. The Bertz CT molecular complexity index is 440. The van der Waals surface area contributed by atoms with E-state index in [1.54, 1.807) is 24.3 Å². The molecule has 2 nitrogen and oxygen atoms in total. The Labute approximate surface area is 108 Å². The maximum atomic E-state index is 9.32. The fourth-order valence-electron chi connectivity index (χ4n) is 1.96. The van der Waals surface area contributed by atoms with Crippen LogP contribution in [-0.2, 0) is 0 Å². The van der Waals surface area contributed by atoms with E-state index < -0.39 is 0 Å². The first-order valence-electron chi connectivity index (χ1n) is 5.94. The lowest BCUT2D eigenvalue weighted by molar-refractivity contribution is 0.475. The summed E-state index contributed by atoms with van der Waals surface area (Å²) in [5.41, 5.74) is 2.14. The van der Waals surface area contributed by atoms with E-state index in [2.05, 4.69) is 6.92 Å². The molecule has 2 radical (unpaired) electrons. The number of phenols is 2. The highest BCUT2D eigenvalue weighted by Crippen LogP contribution is 2.30. The fourth-order valence-corrected chi connectivity index (χ4v) is 1.96. The van der Waals surface area contributed by atoms with Gasteiger partial charge in [0.15, 0.2) is 0 Å². The van der Waals surface area contributed by atoms with Gasteiger partial charge < -0.3 is 10.2 Å². The minimum absolute atomic E-state index is 0.262. The summed E-state index contributed by atoms with van der Waals surface area (Å²) in [7, 11) is 0. The van der Waals surface area contributed by atoms with E-state index in [0.717, 1.165) is 24.0 Å². The molecule has 0 heterocycles. The molecule has 2 N–H and O–H groups in total. The largest absolute Gasteiger partial charge is 0.508 e. The molecule has 92 valence electrons. The van der Waals surface area contributed by atoms with Crippen LogP contribution in [0.2, 0.25) is 0 Å². The number of hydrogen-bond acceptors (Lipinski definition) is 2. The third kappa shape index (κ3) is 2.83. The van der Waals surface area contributed by atoms with Crippen LogP contribution < -0.4 is 0 Å². The van der Waals surface area contributed by atoms with E-state index in [1.807, 2.05) is 24.3 Å². The maximum Gasteiger partial charge on any atom is 0.115 e. The highest BCUT2D eigenvalue weighted by Gasteiger charge is 2.14. The van der Waals surface area contributed by atoms with Crippen LogP contribution >= 0.6 is 0 Å². The Balaban J connectivity index is 2.33. The summed E-state index contributed by atoms with van der Waals surface area (Å²) in [5, 5.41) is 18.6. The lowest BCUT2D eigenvalue weighted by atomic mass is 9.87. The monoisotopic (exact) mass is 240 g/mol. The van der Waals surface area contributed by atoms with Gasteiger partial charge in [-0.1, -0.05) is 37.6 Å². The summed E-state index contributed by atoms with van der Waals surface area (Å²) >= 11 is 0. The van der Waals surface area contributed by atoms with Gasteiger partial charge in [-0.15, -0.1) is 0 Å². The van der Waals surface area contributed by atoms with Crippen molar-refractivity contribution < 1.29 is 10.2 Å². The number of aromatic hydroxyl groups is 2. The Morgan fingerprint density at radius 3 is 1.50 bits per heavy atom. The van der Waals surface area contributed by atoms with Gasteiger partial charge in [0.05, 0.1) is 0 Å². The fraction of sp³-hybridized carbons (Fsp3) is 0.125. The predicted octanol–water partition coefficient (Wildman–Crippen LogP) is 3.68. The van der Waals surface area contributed by atoms with Gasteiger partial charge in [-0.05, 0) is 41.8 Å². The van der Waals surface area contributed by atoms with Crippen molar-refractivity contribution in [2.75, 3.05) is 0 Å². The van der Waals surface area contributed by atoms with Crippen LogP contribution in [-0.4, -0.2) is 10.2 Å². The molecule has 0 fully saturated rings. The maximum absolute atomic E-state index is 9.32. The molecule has 2 aromatic rings. The van der Waals surface area contributed by atoms with Crippen LogP contribution in [0, 0.1) is 12.8 Å². The average Bonchev–Trinajstić information content (AvgIpc) is 2.39. The van der Waals surface area contributed by atoms with Gasteiger partial charge in [0.25, 0.3) is 0 Å². The molecule has 18 heavy (non-hydrogen) atoms. The Morgan fingerprint density at radius 2 is 1.17 bits per heavy atom. The average molecular weight is 240 g/mol. The van der Waals surface area contributed by atoms with Crippen LogP contribution in [0.1, 0.15) is 24.0 Å². The molecule has 0 spiro atoms. The molecule has 0 aliphatic heterocycles. The smallest absolute Gasteiger partial charge is 0.115 e. The van der Waals surface area contributed by atoms with Crippen molar-refractivity contribution in [2.24, 2.45) is 0 Å². The molecule has 0 unspecified atom stereocenters. The lowest BCUT2D eigenvalue weighted by Crippen LogP contribution is -2.01. The second-order valence-electron chi connectivity index (χ2n) is 4.18. The number of phenolic OH excluding ortho intramolecular Hbond substituents is 2. The van der Waals surface area contributed by atoms with Crippen molar-refractivity contribution in [3.8, 4) is 11.5 Å². The Hall–Kier alpha value is -1.96. The first-order valence-corrected chi connectivity index (χ1v) is 5.94. The number of hydrogen-bond donors (Lipinski definition) is 2. The molecule has 2 rings (SSSR count). The molecule has 0 saturated heterocycles. The topological polar surface area (TPSA) is 40.5 Å². The first kappa shape index (κ1) is 12.5. The Morgan fingerprint density at radius 1 is 0.778 bits per heavy atom. The van der Waals surface area contributed by atoms with E-state index >= 15 is 0 Å². The zero-order valence-corrected chi connectivity index (χ0v) is 10.1. The summed E-state index contributed by atoms with van der Waals surface area (Å²) in [6, 6.07) is 14.3. The van der Waals surface area contributed by atoms with Crippen LogP contribution in [0.4, 0.5) is 0 Å². The quantitative estimate of drug-likeness (QED) is 0.855. The molecule has 0 aromatic heterocycles. The normalized spacial score (nSPS) is 10.8. The van der Waals surface area contributed by atoms with E-state index in [-0.39, 0.29) is 11.5 Å². The number of rotatable bonds is 4. The van der Waals surface area contributed by atoms with Crippen molar-refractivity contribution in [1.82, 2.24) is 0 Å². The third-order valence-electron chi connectivity index (χ3n) is 2.86.